The number of hydrogen-bond donors (Lipinski definition) is 4. The maximum atomic E-state index is 13.0. The minimum Gasteiger partial charge on any atom is -0.497 e. The number of ether oxygens (including phenoxy) is 2. The summed E-state index contributed by atoms with van der Waals surface area (Å²) in [5.41, 5.74) is 9.94. The number of rotatable bonds is 4. The normalized spacial score (nSPS) is 35.4. The van der Waals surface area contributed by atoms with Gasteiger partial charge in [0.05, 0.1) is 25.3 Å². The fourth-order valence-corrected chi connectivity index (χ4v) is 6.88. The number of hydrazine groups is 1. The summed E-state index contributed by atoms with van der Waals surface area (Å²) in [6.07, 6.45) is 7.19. The first kappa shape index (κ1) is 19.6. The van der Waals surface area contributed by atoms with Crippen LogP contribution in [-0.2, 0) is 16.6 Å². The first-order valence-corrected chi connectivity index (χ1v) is 12.1. The van der Waals surface area contributed by atoms with Crippen LogP contribution >= 0.6 is 0 Å². The molecule has 0 bridgehead atoms. The Morgan fingerprint density at radius 1 is 1.24 bits per heavy atom. The van der Waals surface area contributed by atoms with Gasteiger partial charge in [-0.1, -0.05) is 0 Å². The molecule has 1 amide bonds. The van der Waals surface area contributed by atoms with Gasteiger partial charge in [-0.25, -0.2) is 10.4 Å². The number of nitrogens with one attached hydrogen (secondary N) is 4. The van der Waals surface area contributed by atoms with Crippen LogP contribution in [0.4, 0.5) is 11.5 Å². The number of methoxy groups -OCH3 is 1. The van der Waals surface area contributed by atoms with Crippen molar-refractivity contribution in [1.29, 1.82) is 0 Å². The molecule has 172 valence electrons. The highest BCUT2D eigenvalue weighted by atomic mass is 16.5. The smallest absolute Gasteiger partial charge is 0.235 e. The van der Waals surface area contributed by atoms with Crippen LogP contribution in [0.5, 0.6) is 11.5 Å². The summed E-state index contributed by atoms with van der Waals surface area (Å²) in [5, 5.41) is 6.71. The molecule has 4 heterocycles. The average molecular weight is 448 g/mol. The van der Waals surface area contributed by atoms with Crippen molar-refractivity contribution in [3.8, 4) is 11.5 Å². The minimum atomic E-state index is -0.364. The van der Waals surface area contributed by atoms with E-state index in [4.69, 9.17) is 9.47 Å². The Balaban J connectivity index is 1.06. The summed E-state index contributed by atoms with van der Waals surface area (Å²) in [5.74, 6) is 4.12. The van der Waals surface area contributed by atoms with E-state index < -0.39 is 0 Å². The Labute approximate surface area is 192 Å². The maximum absolute atomic E-state index is 13.0. The van der Waals surface area contributed by atoms with Crippen molar-refractivity contribution < 1.29 is 14.3 Å². The van der Waals surface area contributed by atoms with E-state index in [1.807, 2.05) is 24.4 Å². The van der Waals surface area contributed by atoms with Crippen LogP contribution in [0.3, 0.4) is 0 Å². The predicted molar refractivity (Wildman–Crippen MR) is 123 cm³/mol. The Morgan fingerprint density at radius 3 is 3.09 bits per heavy atom. The van der Waals surface area contributed by atoms with Crippen LogP contribution < -0.4 is 31.0 Å². The number of nitrogens with zero attached hydrogens (tertiary/aromatic N) is 1. The Morgan fingerprint density at radius 2 is 2.18 bits per heavy atom. The van der Waals surface area contributed by atoms with Gasteiger partial charge < -0.3 is 20.1 Å². The molecule has 1 saturated heterocycles. The molecule has 2 aromatic rings. The molecule has 5 aliphatic rings. The van der Waals surface area contributed by atoms with Crippen molar-refractivity contribution in [3.63, 3.8) is 0 Å². The Kier molecular flexibility index (Phi) is 4.21. The van der Waals surface area contributed by atoms with E-state index >= 15 is 0 Å². The van der Waals surface area contributed by atoms with Gasteiger partial charge in [-0.15, -0.1) is 0 Å². The third-order valence-electron chi connectivity index (χ3n) is 8.64. The molecule has 8 heteroatoms. The SMILES string of the molecule is COc1ccc2c(c1)[C@]1(C[C@H]1C1CCC3C(C1)NNC3Nc1nccc3c1OCC3)C(=O)N2. The second-order valence-corrected chi connectivity index (χ2v) is 10.1. The van der Waals surface area contributed by atoms with Gasteiger partial charge in [0.15, 0.2) is 11.6 Å². The topological polar surface area (TPSA) is 96.5 Å². The molecule has 3 fully saturated rings. The molecule has 2 aliphatic carbocycles. The summed E-state index contributed by atoms with van der Waals surface area (Å²) >= 11 is 0. The van der Waals surface area contributed by atoms with Crippen LogP contribution in [-0.4, -0.2) is 36.8 Å². The molecule has 6 atom stereocenters. The molecule has 2 saturated carbocycles. The van der Waals surface area contributed by atoms with Crippen molar-refractivity contribution >= 4 is 17.4 Å². The molecule has 3 aliphatic heterocycles. The number of carbonyl (C=O) groups is 1. The van der Waals surface area contributed by atoms with Gasteiger partial charge in [0.1, 0.15) is 5.75 Å². The third kappa shape index (κ3) is 2.83. The zero-order valence-electron chi connectivity index (χ0n) is 18.7. The molecular formula is C25H29N5O3. The van der Waals surface area contributed by atoms with E-state index in [0.717, 1.165) is 67.3 Å². The highest BCUT2D eigenvalue weighted by molar-refractivity contribution is 6.09. The molecule has 33 heavy (non-hydrogen) atoms. The van der Waals surface area contributed by atoms with Crippen LogP contribution in [0.25, 0.3) is 0 Å². The van der Waals surface area contributed by atoms with E-state index in [2.05, 4.69) is 32.5 Å². The summed E-state index contributed by atoms with van der Waals surface area (Å²) in [6, 6.07) is 8.38. The molecule has 1 aromatic carbocycles. The van der Waals surface area contributed by atoms with E-state index in [9.17, 15) is 4.79 Å². The second kappa shape index (κ2) is 7.08. The second-order valence-electron chi connectivity index (χ2n) is 10.1. The number of hydrogen-bond acceptors (Lipinski definition) is 7. The van der Waals surface area contributed by atoms with Gasteiger partial charge in [0.2, 0.25) is 5.91 Å². The highest BCUT2D eigenvalue weighted by Gasteiger charge is 2.67. The molecular weight excluding hydrogens is 418 g/mol. The lowest BCUT2D eigenvalue weighted by Gasteiger charge is -2.34. The first-order valence-electron chi connectivity index (χ1n) is 12.1. The zero-order valence-corrected chi connectivity index (χ0v) is 18.7. The molecule has 7 rings (SSSR count). The molecule has 4 N–H and O–H groups in total. The third-order valence-corrected chi connectivity index (χ3v) is 8.64. The lowest BCUT2D eigenvalue weighted by Crippen LogP contribution is -2.39. The number of pyridine rings is 1. The Bertz CT molecular complexity index is 1140. The lowest BCUT2D eigenvalue weighted by atomic mass is 9.74. The van der Waals surface area contributed by atoms with Gasteiger partial charge in [-0.05, 0) is 67.3 Å². The molecule has 0 radical (unpaired) electrons. The molecule has 1 aromatic heterocycles. The number of amides is 1. The van der Waals surface area contributed by atoms with Crippen molar-refractivity contribution in [2.24, 2.45) is 17.8 Å². The number of carbonyl (C=O) groups excluding carboxylic acids is 1. The van der Waals surface area contributed by atoms with Crippen LogP contribution in [0.2, 0.25) is 0 Å². The van der Waals surface area contributed by atoms with E-state index in [0.29, 0.717) is 23.8 Å². The van der Waals surface area contributed by atoms with Gasteiger partial charge >= 0.3 is 0 Å². The molecule has 4 unspecified atom stereocenters. The van der Waals surface area contributed by atoms with Crippen molar-refractivity contribution in [3.05, 3.63) is 41.6 Å². The fourth-order valence-electron chi connectivity index (χ4n) is 6.88. The minimum absolute atomic E-state index is 0.118. The number of fused-ring (bicyclic) bond motifs is 4. The lowest BCUT2D eigenvalue weighted by molar-refractivity contribution is -0.118. The summed E-state index contributed by atoms with van der Waals surface area (Å²) in [4.78, 5) is 17.6. The largest absolute Gasteiger partial charge is 0.497 e. The molecule has 8 nitrogen and oxygen atoms in total. The number of benzene rings is 1. The highest BCUT2D eigenvalue weighted by Crippen LogP contribution is 2.65. The summed E-state index contributed by atoms with van der Waals surface area (Å²) < 4.78 is 11.3. The summed E-state index contributed by atoms with van der Waals surface area (Å²) in [7, 11) is 1.68. The predicted octanol–water partition coefficient (Wildman–Crippen LogP) is 2.57. The monoisotopic (exact) mass is 447 g/mol. The van der Waals surface area contributed by atoms with Gasteiger partial charge in [0, 0.05) is 35.8 Å². The van der Waals surface area contributed by atoms with E-state index in [-0.39, 0.29) is 17.5 Å². The number of aromatic nitrogens is 1. The van der Waals surface area contributed by atoms with Crippen LogP contribution in [0.1, 0.15) is 36.8 Å². The standard InChI is InChI=1S/C25H29N5O3/c1-32-15-3-5-19-17(11-15)25(24(31)27-19)12-18(25)14-2-4-16-20(10-14)29-30-22(16)28-23-21-13(6-8-26-23)7-9-33-21/h3,5-6,8,11,14,16,18,20,22,29-30H,2,4,7,9-10,12H2,1H3,(H,26,28)(H,27,31)/t14?,16?,18-,20?,22?,25-/m0/s1. The average Bonchev–Trinajstić information content (AvgIpc) is 3.08. The van der Waals surface area contributed by atoms with Crippen molar-refractivity contribution in [2.75, 3.05) is 24.4 Å². The van der Waals surface area contributed by atoms with E-state index in [1.54, 1.807) is 7.11 Å². The zero-order chi connectivity index (χ0) is 22.2. The molecule has 1 spiro atoms. The Hall–Kier alpha value is -2.84. The quantitative estimate of drug-likeness (QED) is 0.572. The first-order chi connectivity index (χ1) is 16.2. The van der Waals surface area contributed by atoms with Crippen molar-refractivity contribution in [2.45, 2.75) is 49.7 Å². The van der Waals surface area contributed by atoms with Crippen LogP contribution in [0, 0.1) is 17.8 Å². The van der Waals surface area contributed by atoms with Gasteiger partial charge in [-0.3, -0.25) is 10.2 Å². The fraction of sp³-hybridized carbons (Fsp3) is 0.520. The van der Waals surface area contributed by atoms with Crippen molar-refractivity contribution in [1.82, 2.24) is 15.8 Å². The van der Waals surface area contributed by atoms with Gasteiger partial charge in [0.25, 0.3) is 0 Å². The number of anilines is 2. The van der Waals surface area contributed by atoms with Crippen LogP contribution in [0.15, 0.2) is 30.5 Å². The summed E-state index contributed by atoms with van der Waals surface area (Å²) in [6.45, 7) is 0.728. The van der Waals surface area contributed by atoms with Gasteiger partial charge in [-0.2, -0.15) is 0 Å². The maximum Gasteiger partial charge on any atom is 0.235 e. The van der Waals surface area contributed by atoms with E-state index in [1.165, 1.54) is 5.56 Å².